The van der Waals surface area contributed by atoms with Crippen LogP contribution in [0.3, 0.4) is 0 Å². The van der Waals surface area contributed by atoms with Gasteiger partial charge in [-0.2, -0.15) is 5.10 Å². The number of aromatic nitrogens is 2. The molecule has 2 N–H and O–H groups in total. The van der Waals surface area contributed by atoms with Gasteiger partial charge in [0.15, 0.2) is 5.11 Å². The molecule has 4 nitrogen and oxygen atoms in total. The first kappa shape index (κ1) is 14.5. The summed E-state index contributed by atoms with van der Waals surface area (Å²) in [6, 6.07) is 8.41. The number of para-hydroxylation sites is 1. The molecule has 0 aliphatic rings. The predicted molar refractivity (Wildman–Crippen MR) is 82.2 cm³/mol. The molecule has 0 radical (unpaired) electrons. The van der Waals surface area contributed by atoms with Crippen molar-refractivity contribution in [2.75, 3.05) is 11.9 Å². The van der Waals surface area contributed by atoms with Crippen molar-refractivity contribution in [1.29, 1.82) is 0 Å². The van der Waals surface area contributed by atoms with Crippen molar-refractivity contribution < 1.29 is 4.39 Å². The molecule has 0 aliphatic heterocycles. The lowest BCUT2D eigenvalue weighted by Gasteiger charge is -2.11. The van der Waals surface area contributed by atoms with E-state index < -0.39 is 0 Å². The molecule has 0 unspecified atom stereocenters. The van der Waals surface area contributed by atoms with E-state index >= 15 is 0 Å². The number of benzene rings is 1. The molecular weight excluding hydrogens is 275 g/mol. The largest absolute Gasteiger partial charge is 0.362 e. The molecule has 0 spiro atoms. The van der Waals surface area contributed by atoms with Crippen LogP contribution in [0.5, 0.6) is 0 Å². The summed E-state index contributed by atoms with van der Waals surface area (Å²) < 4.78 is 15.3. The molecule has 0 aliphatic carbocycles. The summed E-state index contributed by atoms with van der Waals surface area (Å²) in [5, 5.41) is 10.6. The van der Waals surface area contributed by atoms with E-state index in [0.29, 0.717) is 17.3 Å². The number of halogens is 1. The molecule has 106 valence electrons. The molecule has 0 amide bonds. The monoisotopic (exact) mass is 292 g/mol. The summed E-state index contributed by atoms with van der Waals surface area (Å²) in [6.45, 7) is 3.49. The van der Waals surface area contributed by atoms with Gasteiger partial charge < -0.3 is 10.6 Å². The highest BCUT2D eigenvalue weighted by Crippen LogP contribution is 2.11. The summed E-state index contributed by atoms with van der Waals surface area (Å²) in [6.07, 6.45) is 2.84. The van der Waals surface area contributed by atoms with Gasteiger partial charge in [0.05, 0.1) is 11.4 Å². The normalized spacial score (nSPS) is 10.3. The maximum atomic E-state index is 13.4. The molecule has 2 aromatic rings. The van der Waals surface area contributed by atoms with Gasteiger partial charge in [0.2, 0.25) is 0 Å². The topological polar surface area (TPSA) is 41.9 Å². The van der Waals surface area contributed by atoms with E-state index in [1.54, 1.807) is 18.2 Å². The lowest BCUT2D eigenvalue weighted by atomic mass is 10.3. The smallest absolute Gasteiger partial charge is 0.170 e. The predicted octanol–water partition coefficient (Wildman–Crippen LogP) is 2.71. The van der Waals surface area contributed by atoms with Gasteiger partial charge in [-0.05, 0) is 43.8 Å². The summed E-state index contributed by atoms with van der Waals surface area (Å²) in [4.78, 5) is 0. The average Bonchev–Trinajstić information content (AvgIpc) is 2.83. The Bertz CT molecular complexity index is 582. The van der Waals surface area contributed by atoms with Gasteiger partial charge in [0.25, 0.3) is 0 Å². The minimum absolute atomic E-state index is 0.316. The molecule has 0 bridgehead atoms. The first-order chi connectivity index (χ1) is 9.65. The lowest BCUT2D eigenvalue weighted by molar-refractivity contribution is 0.570. The second-order valence-electron chi connectivity index (χ2n) is 4.43. The van der Waals surface area contributed by atoms with Crippen molar-refractivity contribution in [3.8, 4) is 0 Å². The summed E-state index contributed by atoms with van der Waals surface area (Å²) in [7, 11) is 0. The fraction of sp³-hybridized carbons (Fsp3) is 0.286. The van der Waals surface area contributed by atoms with E-state index in [2.05, 4.69) is 15.7 Å². The highest BCUT2D eigenvalue weighted by atomic mass is 32.1. The van der Waals surface area contributed by atoms with Crippen LogP contribution >= 0.6 is 12.2 Å². The first-order valence-corrected chi connectivity index (χ1v) is 6.85. The number of nitrogens with one attached hydrogen (secondary N) is 2. The van der Waals surface area contributed by atoms with Gasteiger partial charge in [-0.3, -0.25) is 4.68 Å². The van der Waals surface area contributed by atoms with E-state index in [9.17, 15) is 4.39 Å². The molecule has 0 atom stereocenters. The van der Waals surface area contributed by atoms with Gasteiger partial charge >= 0.3 is 0 Å². The standard InChI is InChI=1S/C14H17FN4S/c1-11-7-10-19(18-11)9-4-8-16-14(20)17-13-6-3-2-5-12(13)15/h2-3,5-7,10H,4,8-9H2,1H3,(H2,16,17,20). The molecule has 0 fully saturated rings. The van der Waals surface area contributed by atoms with Gasteiger partial charge in [0.1, 0.15) is 5.82 Å². The third kappa shape index (κ3) is 4.31. The Morgan fingerprint density at radius 1 is 1.35 bits per heavy atom. The van der Waals surface area contributed by atoms with E-state index in [1.807, 2.05) is 23.9 Å². The van der Waals surface area contributed by atoms with E-state index in [-0.39, 0.29) is 5.82 Å². The van der Waals surface area contributed by atoms with Crippen LogP contribution in [-0.4, -0.2) is 21.4 Å². The van der Waals surface area contributed by atoms with Crippen LogP contribution in [0.1, 0.15) is 12.1 Å². The first-order valence-electron chi connectivity index (χ1n) is 6.44. The number of nitrogens with zero attached hydrogens (tertiary/aromatic N) is 2. The molecule has 1 heterocycles. The quantitative estimate of drug-likeness (QED) is 0.657. The Morgan fingerprint density at radius 2 is 2.15 bits per heavy atom. The lowest BCUT2D eigenvalue weighted by Crippen LogP contribution is -2.30. The minimum atomic E-state index is -0.316. The average molecular weight is 292 g/mol. The number of hydrogen-bond donors (Lipinski definition) is 2. The fourth-order valence-electron chi connectivity index (χ4n) is 1.76. The third-order valence-electron chi connectivity index (χ3n) is 2.75. The third-order valence-corrected chi connectivity index (χ3v) is 2.99. The fourth-order valence-corrected chi connectivity index (χ4v) is 1.97. The van der Waals surface area contributed by atoms with Crippen molar-refractivity contribution in [3.05, 3.63) is 48.0 Å². The van der Waals surface area contributed by atoms with Gasteiger partial charge in [0, 0.05) is 19.3 Å². The zero-order chi connectivity index (χ0) is 14.4. The van der Waals surface area contributed by atoms with E-state index in [4.69, 9.17) is 12.2 Å². The van der Waals surface area contributed by atoms with Crippen molar-refractivity contribution >= 4 is 23.0 Å². The summed E-state index contributed by atoms with van der Waals surface area (Å²) >= 11 is 5.12. The van der Waals surface area contributed by atoms with E-state index in [1.165, 1.54) is 6.07 Å². The molecule has 0 saturated carbocycles. The second-order valence-corrected chi connectivity index (χ2v) is 4.84. The number of anilines is 1. The second kappa shape index (κ2) is 7.00. The van der Waals surface area contributed by atoms with Crippen molar-refractivity contribution in [2.45, 2.75) is 19.9 Å². The summed E-state index contributed by atoms with van der Waals surface area (Å²) in [5.41, 5.74) is 1.39. The number of rotatable bonds is 5. The van der Waals surface area contributed by atoms with Crippen LogP contribution in [0, 0.1) is 12.7 Å². The molecule has 2 rings (SSSR count). The van der Waals surface area contributed by atoms with Crippen LogP contribution < -0.4 is 10.6 Å². The maximum absolute atomic E-state index is 13.4. The van der Waals surface area contributed by atoms with Crippen LogP contribution in [-0.2, 0) is 6.54 Å². The molecule has 1 aromatic carbocycles. The highest BCUT2D eigenvalue weighted by molar-refractivity contribution is 7.80. The Labute approximate surface area is 123 Å². The summed E-state index contributed by atoms with van der Waals surface area (Å²) in [5.74, 6) is -0.316. The minimum Gasteiger partial charge on any atom is -0.362 e. The van der Waals surface area contributed by atoms with Crippen LogP contribution in [0.2, 0.25) is 0 Å². The Kier molecular flexibility index (Phi) is 5.06. The van der Waals surface area contributed by atoms with Gasteiger partial charge in [-0.25, -0.2) is 4.39 Å². The van der Waals surface area contributed by atoms with Crippen molar-refractivity contribution in [1.82, 2.24) is 15.1 Å². The molecule has 6 heteroatoms. The van der Waals surface area contributed by atoms with Crippen LogP contribution in [0.15, 0.2) is 36.5 Å². The Balaban J connectivity index is 1.69. The Morgan fingerprint density at radius 3 is 2.85 bits per heavy atom. The van der Waals surface area contributed by atoms with Crippen LogP contribution in [0.25, 0.3) is 0 Å². The Hall–Kier alpha value is -1.95. The number of aryl methyl sites for hydroxylation is 2. The van der Waals surface area contributed by atoms with Gasteiger partial charge in [-0.15, -0.1) is 0 Å². The highest BCUT2D eigenvalue weighted by Gasteiger charge is 2.02. The molecule has 20 heavy (non-hydrogen) atoms. The molecular formula is C14H17FN4S. The van der Waals surface area contributed by atoms with Gasteiger partial charge in [-0.1, -0.05) is 12.1 Å². The van der Waals surface area contributed by atoms with Crippen LogP contribution in [0.4, 0.5) is 10.1 Å². The van der Waals surface area contributed by atoms with Crippen molar-refractivity contribution in [3.63, 3.8) is 0 Å². The SMILES string of the molecule is Cc1ccn(CCCNC(=S)Nc2ccccc2F)n1. The molecule has 1 aromatic heterocycles. The number of thiocarbonyl (C=S) groups is 1. The zero-order valence-corrected chi connectivity index (χ0v) is 12.1. The molecule has 0 saturated heterocycles. The number of hydrogen-bond acceptors (Lipinski definition) is 2. The van der Waals surface area contributed by atoms with E-state index in [0.717, 1.165) is 18.7 Å². The zero-order valence-electron chi connectivity index (χ0n) is 11.3. The van der Waals surface area contributed by atoms with Crippen molar-refractivity contribution in [2.24, 2.45) is 0 Å². The maximum Gasteiger partial charge on any atom is 0.170 e.